The number of aliphatic carboxylic acids is 1. The van der Waals surface area contributed by atoms with Crippen molar-refractivity contribution in [2.24, 2.45) is 11.8 Å². The first kappa shape index (κ1) is 15.4. The predicted octanol–water partition coefficient (Wildman–Crippen LogP) is 1.37. The Morgan fingerprint density at radius 2 is 1.90 bits per heavy atom. The summed E-state index contributed by atoms with van der Waals surface area (Å²) in [6.07, 6.45) is 8.20. The summed E-state index contributed by atoms with van der Waals surface area (Å²) in [5.74, 6) is -0.939. The lowest BCUT2D eigenvalue weighted by molar-refractivity contribution is -0.145. The second-order valence-corrected chi connectivity index (χ2v) is 5.59. The van der Waals surface area contributed by atoms with Crippen molar-refractivity contribution in [3.8, 4) is 0 Å². The molecule has 0 aliphatic heterocycles. The first-order valence-electron chi connectivity index (χ1n) is 7.30. The van der Waals surface area contributed by atoms with Crippen LogP contribution in [-0.2, 0) is 16.0 Å². The molecule has 1 aromatic heterocycles. The van der Waals surface area contributed by atoms with E-state index in [4.69, 9.17) is 5.11 Å². The molecule has 21 heavy (non-hydrogen) atoms. The van der Waals surface area contributed by atoms with Crippen LogP contribution in [0, 0.1) is 11.8 Å². The number of carboxylic acids is 1. The highest BCUT2D eigenvalue weighted by Crippen LogP contribution is 2.30. The molecule has 6 heteroatoms. The molecule has 1 fully saturated rings. The number of carbonyl (C=O) groups is 2. The van der Waals surface area contributed by atoms with E-state index in [2.05, 4.69) is 9.97 Å². The van der Waals surface area contributed by atoms with E-state index in [1.807, 2.05) is 0 Å². The average molecular weight is 291 g/mol. The summed E-state index contributed by atoms with van der Waals surface area (Å²) in [4.78, 5) is 33.2. The van der Waals surface area contributed by atoms with E-state index in [1.54, 1.807) is 30.5 Å². The van der Waals surface area contributed by atoms with Gasteiger partial charge in [-0.1, -0.05) is 0 Å². The fourth-order valence-corrected chi connectivity index (χ4v) is 2.75. The van der Waals surface area contributed by atoms with E-state index in [-0.39, 0.29) is 17.7 Å². The third-order valence-corrected chi connectivity index (χ3v) is 4.12. The number of amides is 1. The third kappa shape index (κ3) is 4.24. The van der Waals surface area contributed by atoms with Gasteiger partial charge in [-0.05, 0) is 25.7 Å². The molecule has 0 aromatic carbocycles. The Hall–Kier alpha value is -1.98. The number of rotatable bonds is 5. The number of likely N-dealkylation sites (N-methyl/N-ethyl adjacent to an activating group) is 1. The number of hydrogen-bond acceptors (Lipinski definition) is 4. The van der Waals surface area contributed by atoms with Crippen LogP contribution >= 0.6 is 0 Å². The lowest BCUT2D eigenvalue weighted by atomic mass is 9.81. The topological polar surface area (TPSA) is 83.4 Å². The van der Waals surface area contributed by atoms with Crippen LogP contribution in [0.5, 0.6) is 0 Å². The molecule has 0 saturated heterocycles. The third-order valence-electron chi connectivity index (χ3n) is 4.12. The van der Waals surface area contributed by atoms with Gasteiger partial charge in [0.05, 0.1) is 11.6 Å². The summed E-state index contributed by atoms with van der Waals surface area (Å²) in [6.45, 7) is 0.608. The van der Waals surface area contributed by atoms with Crippen LogP contribution in [0.1, 0.15) is 31.4 Å². The number of aromatic nitrogens is 2. The van der Waals surface area contributed by atoms with Gasteiger partial charge in [-0.2, -0.15) is 0 Å². The summed E-state index contributed by atoms with van der Waals surface area (Å²) in [5.41, 5.74) is 0.867. The lowest BCUT2D eigenvalue weighted by Gasteiger charge is -2.28. The Kier molecular flexibility index (Phi) is 5.25. The fraction of sp³-hybridized carbons (Fsp3) is 0.600. The Balaban J connectivity index is 1.79. The van der Waals surface area contributed by atoms with Crippen molar-refractivity contribution < 1.29 is 14.7 Å². The molecule has 114 valence electrons. The summed E-state index contributed by atoms with van der Waals surface area (Å²) < 4.78 is 0. The molecule has 2 rings (SSSR count). The van der Waals surface area contributed by atoms with Crippen LogP contribution < -0.4 is 0 Å². The second kappa shape index (κ2) is 7.15. The second-order valence-electron chi connectivity index (χ2n) is 5.59. The van der Waals surface area contributed by atoms with Crippen molar-refractivity contribution in [2.75, 3.05) is 13.6 Å². The van der Waals surface area contributed by atoms with E-state index in [0.29, 0.717) is 38.6 Å². The predicted molar refractivity (Wildman–Crippen MR) is 76.5 cm³/mol. The molecule has 1 saturated carbocycles. The Morgan fingerprint density at radius 3 is 2.48 bits per heavy atom. The van der Waals surface area contributed by atoms with Gasteiger partial charge in [0.15, 0.2) is 0 Å². The SMILES string of the molecule is CN(CCc1cnccn1)C(=O)C1CCC(C(=O)O)CC1. The minimum absolute atomic E-state index is 0.0348. The number of hydrogen-bond donors (Lipinski definition) is 1. The molecule has 0 atom stereocenters. The fourth-order valence-electron chi connectivity index (χ4n) is 2.75. The minimum Gasteiger partial charge on any atom is -0.481 e. The van der Waals surface area contributed by atoms with Gasteiger partial charge in [0.1, 0.15) is 0 Å². The zero-order valence-electron chi connectivity index (χ0n) is 12.2. The summed E-state index contributed by atoms with van der Waals surface area (Å²) >= 11 is 0. The van der Waals surface area contributed by atoms with Crippen molar-refractivity contribution in [3.05, 3.63) is 24.3 Å². The maximum Gasteiger partial charge on any atom is 0.306 e. The van der Waals surface area contributed by atoms with Crippen LogP contribution in [0.4, 0.5) is 0 Å². The first-order chi connectivity index (χ1) is 10.1. The molecule has 0 spiro atoms. The molecule has 0 unspecified atom stereocenters. The monoisotopic (exact) mass is 291 g/mol. The zero-order chi connectivity index (χ0) is 15.2. The zero-order valence-corrected chi connectivity index (χ0v) is 12.2. The van der Waals surface area contributed by atoms with Gasteiger partial charge in [0.2, 0.25) is 5.91 Å². The molecule has 6 nitrogen and oxygen atoms in total. The van der Waals surface area contributed by atoms with Gasteiger partial charge < -0.3 is 10.0 Å². The van der Waals surface area contributed by atoms with Crippen molar-refractivity contribution in [1.82, 2.24) is 14.9 Å². The Morgan fingerprint density at radius 1 is 1.24 bits per heavy atom. The molecule has 1 amide bonds. The normalized spacial score (nSPS) is 21.8. The van der Waals surface area contributed by atoms with Crippen LogP contribution in [0.25, 0.3) is 0 Å². The molecule has 1 aliphatic rings. The van der Waals surface area contributed by atoms with Crippen molar-refractivity contribution in [2.45, 2.75) is 32.1 Å². The average Bonchev–Trinajstić information content (AvgIpc) is 2.53. The van der Waals surface area contributed by atoms with Crippen molar-refractivity contribution in [1.29, 1.82) is 0 Å². The molecule has 1 N–H and O–H groups in total. The Labute approximate surface area is 124 Å². The van der Waals surface area contributed by atoms with E-state index >= 15 is 0 Å². The van der Waals surface area contributed by atoms with Crippen LogP contribution in [-0.4, -0.2) is 45.4 Å². The van der Waals surface area contributed by atoms with Gasteiger partial charge in [0, 0.05) is 44.5 Å². The first-order valence-corrected chi connectivity index (χ1v) is 7.30. The van der Waals surface area contributed by atoms with Crippen LogP contribution in [0.15, 0.2) is 18.6 Å². The van der Waals surface area contributed by atoms with Gasteiger partial charge in [-0.3, -0.25) is 19.6 Å². The van der Waals surface area contributed by atoms with Gasteiger partial charge >= 0.3 is 5.97 Å². The maximum absolute atomic E-state index is 12.3. The number of carbonyl (C=O) groups excluding carboxylic acids is 1. The summed E-state index contributed by atoms with van der Waals surface area (Å²) in [7, 11) is 1.79. The summed E-state index contributed by atoms with van der Waals surface area (Å²) in [6, 6.07) is 0. The highest BCUT2D eigenvalue weighted by atomic mass is 16.4. The maximum atomic E-state index is 12.3. The van der Waals surface area contributed by atoms with Crippen LogP contribution in [0.3, 0.4) is 0 Å². The van der Waals surface area contributed by atoms with Gasteiger partial charge in [-0.15, -0.1) is 0 Å². The standard InChI is InChI=1S/C15H21N3O3/c1-18(9-6-13-10-16-7-8-17-13)14(19)11-2-4-12(5-3-11)15(20)21/h7-8,10-12H,2-6,9H2,1H3,(H,20,21). The summed E-state index contributed by atoms with van der Waals surface area (Å²) in [5, 5.41) is 8.97. The molecule has 1 aromatic rings. The van der Waals surface area contributed by atoms with E-state index in [1.165, 1.54) is 0 Å². The smallest absolute Gasteiger partial charge is 0.306 e. The largest absolute Gasteiger partial charge is 0.481 e. The van der Waals surface area contributed by atoms with Crippen molar-refractivity contribution in [3.63, 3.8) is 0 Å². The van der Waals surface area contributed by atoms with E-state index in [0.717, 1.165) is 5.69 Å². The number of nitrogens with zero attached hydrogens (tertiary/aromatic N) is 3. The van der Waals surface area contributed by atoms with E-state index < -0.39 is 5.97 Å². The molecule has 0 bridgehead atoms. The van der Waals surface area contributed by atoms with Crippen LogP contribution in [0.2, 0.25) is 0 Å². The minimum atomic E-state index is -0.739. The molecule has 1 heterocycles. The molecule has 1 aliphatic carbocycles. The van der Waals surface area contributed by atoms with Crippen molar-refractivity contribution >= 4 is 11.9 Å². The lowest BCUT2D eigenvalue weighted by Crippen LogP contribution is -2.37. The molecular weight excluding hydrogens is 270 g/mol. The molecule has 0 radical (unpaired) electrons. The highest BCUT2D eigenvalue weighted by molar-refractivity contribution is 5.79. The highest BCUT2D eigenvalue weighted by Gasteiger charge is 2.30. The van der Waals surface area contributed by atoms with Gasteiger partial charge in [-0.25, -0.2) is 0 Å². The van der Waals surface area contributed by atoms with E-state index in [9.17, 15) is 9.59 Å². The number of carboxylic acid groups (broad SMARTS) is 1. The quantitative estimate of drug-likeness (QED) is 0.885. The van der Waals surface area contributed by atoms with Gasteiger partial charge in [0.25, 0.3) is 0 Å². The Bertz CT molecular complexity index is 484. The molecular formula is C15H21N3O3.